The van der Waals surface area contributed by atoms with Crippen LogP contribution in [-0.2, 0) is 18.3 Å². The molecule has 2 aromatic rings. The Bertz CT molecular complexity index is 606. The molecule has 0 aliphatic heterocycles. The number of amides is 1. The van der Waals surface area contributed by atoms with Crippen molar-refractivity contribution in [2.24, 2.45) is 7.05 Å². The molecule has 1 N–H and O–H groups in total. The van der Waals surface area contributed by atoms with Crippen molar-refractivity contribution in [3.63, 3.8) is 0 Å². The van der Waals surface area contributed by atoms with Crippen molar-refractivity contribution in [1.82, 2.24) is 4.57 Å². The van der Waals surface area contributed by atoms with E-state index in [2.05, 4.69) is 21.2 Å². The fourth-order valence-electron chi connectivity index (χ4n) is 1.65. The van der Waals surface area contributed by atoms with Gasteiger partial charge in [0.25, 0.3) is 5.56 Å². The van der Waals surface area contributed by atoms with E-state index in [1.165, 1.54) is 4.57 Å². The van der Waals surface area contributed by atoms with Gasteiger partial charge in [-0.15, -0.1) is 0 Å². The molecule has 0 aliphatic rings. The monoisotopic (exact) mass is 324 g/mol. The highest BCUT2D eigenvalue weighted by molar-refractivity contribution is 9.10. The van der Waals surface area contributed by atoms with E-state index in [-0.39, 0.29) is 11.5 Å². The van der Waals surface area contributed by atoms with Gasteiger partial charge in [-0.2, -0.15) is 0 Å². The van der Waals surface area contributed by atoms with Gasteiger partial charge < -0.3 is 14.3 Å². The minimum absolute atomic E-state index is 0.123. The van der Waals surface area contributed by atoms with Crippen molar-refractivity contribution >= 4 is 27.5 Å². The van der Waals surface area contributed by atoms with Crippen molar-refractivity contribution in [3.8, 4) is 0 Å². The van der Waals surface area contributed by atoms with Crippen LogP contribution in [0.4, 0.5) is 5.69 Å². The summed E-state index contributed by atoms with van der Waals surface area (Å²) in [5.74, 6) is 0.652. The smallest absolute Gasteiger partial charge is 0.264 e. The van der Waals surface area contributed by atoms with E-state index in [1.54, 1.807) is 31.6 Å². The normalized spacial score (nSPS) is 10.4. The first-order chi connectivity index (χ1) is 9.06. The van der Waals surface area contributed by atoms with Crippen molar-refractivity contribution in [2.75, 3.05) is 5.32 Å². The third kappa shape index (κ3) is 3.57. The highest BCUT2D eigenvalue weighted by Gasteiger charge is 2.07. The number of nitrogens with one attached hydrogen (secondary N) is 1. The average molecular weight is 325 g/mol. The number of pyridine rings is 1. The first kappa shape index (κ1) is 13.6. The van der Waals surface area contributed by atoms with E-state index in [9.17, 15) is 9.59 Å². The van der Waals surface area contributed by atoms with E-state index in [0.717, 1.165) is 5.76 Å². The van der Waals surface area contributed by atoms with Gasteiger partial charge in [-0.1, -0.05) is 0 Å². The topological polar surface area (TPSA) is 64.2 Å². The Hall–Kier alpha value is -1.82. The number of hydrogen-bond acceptors (Lipinski definition) is 3. The van der Waals surface area contributed by atoms with Crippen LogP contribution in [0.25, 0.3) is 0 Å². The lowest BCUT2D eigenvalue weighted by molar-refractivity contribution is -0.116. The van der Waals surface area contributed by atoms with Gasteiger partial charge in [0, 0.05) is 26.1 Å². The number of anilines is 1. The number of halogens is 1. The van der Waals surface area contributed by atoms with Crippen LogP contribution in [0, 0.1) is 0 Å². The van der Waals surface area contributed by atoms with Crippen molar-refractivity contribution < 1.29 is 9.21 Å². The van der Waals surface area contributed by atoms with Gasteiger partial charge in [0.05, 0.1) is 16.4 Å². The second-order valence-corrected chi connectivity index (χ2v) is 4.97. The molecule has 0 bridgehead atoms. The number of nitrogens with zero attached hydrogens (tertiary/aromatic N) is 1. The molecule has 1 amide bonds. The second-order valence-electron chi connectivity index (χ2n) is 4.12. The summed E-state index contributed by atoms with van der Waals surface area (Å²) in [7, 11) is 1.63. The minimum atomic E-state index is -0.145. The Morgan fingerprint density at radius 2 is 2.32 bits per heavy atom. The summed E-state index contributed by atoms with van der Waals surface area (Å²) in [6.07, 6.45) is 4.04. The van der Waals surface area contributed by atoms with Crippen LogP contribution in [0.15, 0.2) is 44.3 Å². The van der Waals surface area contributed by atoms with Crippen LogP contribution in [0.5, 0.6) is 0 Å². The molecule has 0 fully saturated rings. The number of hydrogen-bond donors (Lipinski definition) is 1. The number of carbonyl (C=O) groups is 1. The summed E-state index contributed by atoms with van der Waals surface area (Å²) in [6.45, 7) is 0. The summed E-state index contributed by atoms with van der Waals surface area (Å²) in [4.78, 5) is 23.2. The molecule has 0 atom stereocenters. The SMILES string of the molecule is Cn1cc(NC(=O)CCc2ccco2)cc(Br)c1=O. The minimum Gasteiger partial charge on any atom is -0.469 e. The van der Waals surface area contributed by atoms with Gasteiger partial charge in [-0.05, 0) is 34.1 Å². The Labute approximate surface area is 118 Å². The fourth-order valence-corrected chi connectivity index (χ4v) is 2.18. The number of aromatic nitrogens is 1. The van der Waals surface area contributed by atoms with Gasteiger partial charge >= 0.3 is 0 Å². The highest BCUT2D eigenvalue weighted by atomic mass is 79.9. The van der Waals surface area contributed by atoms with Gasteiger partial charge in [0.1, 0.15) is 5.76 Å². The third-order valence-corrected chi connectivity index (χ3v) is 3.17. The summed E-state index contributed by atoms with van der Waals surface area (Å²) in [6, 6.07) is 5.21. The molecule has 0 spiro atoms. The molecule has 0 saturated heterocycles. The first-order valence-corrected chi connectivity index (χ1v) is 6.54. The maximum Gasteiger partial charge on any atom is 0.264 e. The molecular formula is C13H13BrN2O3. The predicted molar refractivity (Wildman–Crippen MR) is 75.0 cm³/mol. The molecule has 0 unspecified atom stereocenters. The Balaban J connectivity index is 1.97. The summed E-state index contributed by atoms with van der Waals surface area (Å²) < 4.78 is 6.98. The summed E-state index contributed by atoms with van der Waals surface area (Å²) in [5.41, 5.74) is 0.437. The Kier molecular flexibility index (Phi) is 4.21. The van der Waals surface area contributed by atoms with Gasteiger partial charge in [-0.3, -0.25) is 9.59 Å². The Morgan fingerprint density at radius 1 is 1.53 bits per heavy atom. The maximum atomic E-state index is 11.8. The third-order valence-electron chi connectivity index (χ3n) is 2.60. The highest BCUT2D eigenvalue weighted by Crippen LogP contribution is 2.12. The van der Waals surface area contributed by atoms with E-state index in [0.29, 0.717) is 23.0 Å². The molecule has 0 saturated carbocycles. The predicted octanol–water partition coefficient (Wildman–Crippen LogP) is 2.31. The van der Waals surface area contributed by atoms with Crippen molar-refractivity contribution in [3.05, 3.63) is 51.2 Å². The van der Waals surface area contributed by atoms with Gasteiger partial charge in [-0.25, -0.2) is 0 Å². The molecule has 19 heavy (non-hydrogen) atoms. The molecule has 2 aromatic heterocycles. The van der Waals surface area contributed by atoms with Crippen LogP contribution in [0.3, 0.4) is 0 Å². The first-order valence-electron chi connectivity index (χ1n) is 5.74. The molecule has 0 aliphatic carbocycles. The maximum absolute atomic E-state index is 11.8. The summed E-state index contributed by atoms with van der Waals surface area (Å²) >= 11 is 3.16. The average Bonchev–Trinajstić information content (AvgIpc) is 2.86. The molecular weight excluding hydrogens is 312 g/mol. The van der Waals surface area contributed by atoms with E-state index in [1.807, 2.05) is 6.07 Å². The number of carbonyl (C=O) groups excluding carboxylic acids is 1. The standard InChI is InChI=1S/C13H13BrN2O3/c1-16-8-9(7-11(14)13(16)18)15-12(17)5-4-10-3-2-6-19-10/h2-3,6-8H,4-5H2,1H3,(H,15,17). The quantitative estimate of drug-likeness (QED) is 0.938. The lowest BCUT2D eigenvalue weighted by Crippen LogP contribution is -2.19. The molecule has 0 aromatic carbocycles. The number of aryl methyl sites for hydroxylation is 2. The molecule has 0 radical (unpaired) electrons. The number of furan rings is 1. The zero-order valence-corrected chi connectivity index (χ0v) is 11.9. The molecule has 100 valence electrons. The van der Waals surface area contributed by atoms with Crippen molar-refractivity contribution in [2.45, 2.75) is 12.8 Å². The van der Waals surface area contributed by atoms with E-state index in [4.69, 9.17) is 4.42 Å². The lowest BCUT2D eigenvalue weighted by atomic mass is 10.2. The van der Waals surface area contributed by atoms with Crippen LogP contribution in [0.1, 0.15) is 12.2 Å². The van der Waals surface area contributed by atoms with Gasteiger partial charge in [0.2, 0.25) is 5.91 Å². The largest absolute Gasteiger partial charge is 0.469 e. The van der Waals surface area contributed by atoms with E-state index >= 15 is 0 Å². The second kappa shape index (κ2) is 5.88. The zero-order chi connectivity index (χ0) is 13.8. The molecule has 6 heteroatoms. The van der Waals surface area contributed by atoms with Crippen LogP contribution < -0.4 is 10.9 Å². The van der Waals surface area contributed by atoms with Crippen molar-refractivity contribution in [1.29, 1.82) is 0 Å². The summed E-state index contributed by atoms with van der Waals surface area (Å²) in [5, 5.41) is 2.74. The van der Waals surface area contributed by atoms with E-state index < -0.39 is 0 Å². The van der Waals surface area contributed by atoms with Crippen LogP contribution in [-0.4, -0.2) is 10.5 Å². The molecule has 2 heterocycles. The van der Waals surface area contributed by atoms with Crippen LogP contribution >= 0.6 is 15.9 Å². The van der Waals surface area contributed by atoms with Crippen LogP contribution in [0.2, 0.25) is 0 Å². The zero-order valence-electron chi connectivity index (χ0n) is 10.4. The van der Waals surface area contributed by atoms with Gasteiger partial charge in [0.15, 0.2) is 0 Å². The molecule has 2 rings (SSSR count). The number of rotatable bonds is 4. The lowest BCUT2D eigenvalue weighted by Gasteiger charge is -2.07. The molecule has 5 nitrogen and oxygen atoms in total. The fraction of sp³-hybridized carbons (Fsp3) is 0.231. The Morgan fingerprint density at radius 3 is 2.95 bits per heavy atom.